The molecular weight excluding hydrogens is 312 g/mol. The summed E-state index contributed by atoms with van der Waals surface area (Å²) in [6, 6.07) is 8.05. The van der Waals surface area contributed by atoms with Gasteiger partial charge in [0.25, 0.3) is 0 Å². The molecule has 0 heterocycles. The van der Waals surface area contributed by atoms with Crippen molar-refractivity contribution >= 4 is 35.2 Å². The minimum atomic E-state index is -1.06. The highest BCUT2D eigenvalue weighted by atomic mass is 35.5. The number of carbonyl (C=O) groups is 1. The molecule has 0 aliphatic rings. The number of carboxylic acid groups (broad SMARTS) is 1. The summed E-state index contributed by atoms with van der Waals surface area (Å²) < 4.78 is 0. The number of rotatable bonds is 4. The molecule has 2 aromatic carbocycles. The molecule has 2 N–H and O–H groups in total. The van der Waals surface area contributed by atoms with Crippen LogP contribution in [-0.4, -0.2) is 27.3 Å². The van der Waals surface area contributed by atoms with Crippen molar-refractivity contribution in [1.29, 1.82) is 0 Å². The lowest BCUT2D eigenvalue weighted by molar-refractivity contribution is -0.385. The second-order valence-corrected chi connectivity index (χ2v) is 4.67. The van der Waals surface area contributed by atoms with Crippen LogP contribution in [0, 0.1) is 10.1 Å². The molecule has 0 unspecified atom stereocenters. The van der Waals surface area contributed by atoms with Crippen molar-refractivity contribution in [3.63, 3.8) is 0 Å². The van der Waals surface area contributed by atoms with Gasteiger partial charge in [0, 0.05) is 22.9 Å². The van der Waals surface area contributed by atoms with Gasteiger partial charge in [-0.1, -0.05) is 11.6 Å². The monoisotopic (exact) mass is 320 g/mol. The number of halogens is 1. The Bertz CT molecular complexity index is 772. The van der Waals surface area contributed by atoms with E-state index in [4.69, 9.17) is 16.7 Å². The zero-order valence-corrected chi connectivity index (χ0v) is 11.7. The predicted molar refractivity (Wildman–Crippen MR) is 80.4 cm³/mol. The normalized spacial score (nSPS) is 10.8. The van der Waals surface area contributed by atoms with Gasteiger partial charge >= 0.3 is 11.7 Å². The fourth-order valence-electron chi connectivity index (χ4n) is 1.68. The zero-order valence-electron chi connectivity index (χ0n) is 10.9. The lowest BCUT2D eigenvalue weighted by Crippen LogP contribution is -1.94. The first-order valence-corrected chi connectivity index (χ1v) is 6.30. The zero-order chi connectivity index (χ0) is 16.3. The number of hydrogen-bond acceptors (Lipinski definition) is 5. The van der Waals surface area contributed by atoms with E-state index in [-0.39, 0.29) is 16.1 Å². The van der Waals surface area contributed by atoms with Crippen LogP contribution < -0.4 is 0 Å². The van der Waals surface area contributed by atoms with Crippen molar-refractivity contribution in [2.45, 2.75) is 0 Å². The van der Waals surface area contributed by atoms with Crippen LogP contribution in [0.2, 0.25) is 5.02 Å². The number of aromatic hydroxyl groups is 1. The lowest BCUT2D eigenvalue weighted by atomic mass is 10.2. The van der Waals surface area contributed by atoms with Gasteiger partial charge in [0.15, 0.2) is 0 Å². The first kappa shape index (κ1) is 15.5. The summed E-state index contributed by atoms with van der Waals surface area (Å²) in [7, 11) is 0. The number of aromatic carboxylic acids is 1. The molecule has 112 valence electrons. The minimum Gasteiger partial charge on any atom is -0.502 e. The molecule has 0 aliphatic carbocycles. The molecule has 8 heteroatoms. The highest BCUT2D eigenvalue weighted by molar-refractivity contribution is 6.31. The second-order valence-electron chi connectivity index (χ2n) is 4.23. The van der Waals surface area contributed by atoms with Gasteiger partial charge in [-0.15, -0.1) is 0 Å². The number of hydrogen-bond donors (Lipinski definition) is 2. The van der Waals surface area contributed by atoms with Crippen LogP contribution >= 0.6 is 11.6 Å². The first-order chi connectivity index (χ1) is 10.4. The van der Waals surface area contributed by atoms with E-state index in [1.165, 1.54) is 36.5 Å². The van der Waals surface area contributed by atoms with E-state index in [9.17, 15) is 20.0 Å². The highest BCUT2D eigenvalue weighted by Gasteiger charge is 2.17. The Labute approximate surface area is 129 Å². The van der Waals surface area contributed by atoms with Crippen molar-refractivity contribution in [2.75, 3.05) is 0 Å². The van der Waals surface area contributed by atoms with Crippen molar-refractivity contribution in [3.8, 4) is 5.75 Å². The number of nitro benzene ring substituents is 1. The fourth-order valence-corrected chi connectivity index (χ4v) is 1.90. The molecule has 2 aromatic rings. The Morgan fingerprint density at radius 3 is 2.45 bits per heavy atom. The maximum atomic E-state index is 10.8. The number of phenolic OH excluding ortho intramolecular Hbond substituents is 1. The van der Waals surface area contributed by atoms with Crippen molar-refractivity contribution < 1.29 is 19.9 Å². The van der Waals surface area contributed by atoms with E-state index < -0.39 is 22.3 Å². The summed E-state index contributed by atoms with van der Waals surface area (Å²) in [6.07, 6.45) is 1.21. The lowest BCUT2D eigenvalue weighted by Gasteiger charge is -2.01. The summed E-state index contributed by atoms with van der Waals surface area (Å²) >= 11 is 5.76. The Kier molecular flexibility index (Phi) is 4.38. The largest absolute Gasteiger partial charge is 0.502 e. The topological polar surface area (TPSA) is 113 Å². The Hall–Kier alpha value is -2.93. The van der Waals surface area contributed by atoms with Crippen LogP contribution in [0.5, 0.6) is 5.75 Å². The van der Waals surface area contributed by atoms with Gasteiger partial charge in [-0.05, 0) is 30.3 Å². The molecule has 7 nitrogen and oxygen atoms in total. The van der Waals surface area contributed by atoms with Crippen LogP contribution in [0.4, 0.5) is 11.4 Å². The van der Waals surface area contributed by atoms with Gasteiger partial charge in [0.2, 0.25) is 5.75 Å². The van der Waals surface area contributed by atoms with E-state index in [2.05, 4.69) is 4.99 Å². The number of aliphatic imine (C=N–C) groups is 1. The third-order valence-electron chi connectivity index (χ3n) is 2.75. The van der Waals surface area contributed by atoms with Crippen LogP contribution in [-0.2, 0) is 0 Å². The maximum Gasteiger partial charge on any atom is 0.335 e. The smallest absolute Gasteiger partial charge is 0.335 e. The molecule has 22 heavy (non-hydrogen) atoms. The number of nitro groups is 1. The van der Waals surface area contributed by atoms with Crippen molar-refractivity contribution in [3.05, 3.63) is 62.7 Å². The van der Waals surface area contributed by atoms with E-state index >= 15 is 0 Å². The average Bonchev–Trinajstić information content (AvgIpc) is 2.47. The molecule has 0 saturated heterocycles. The van der Waals surface area contributed by atoms with Crippen molar-refractivity contribution in [2.24, 2.45) is 4.99 Å². The van der Waals surface area contributed by atoms with E-state index in [0.29, 0.717) is 5.69 Å². The molecule has 0 spiro atoms. The second kappa shape index (κ2) is 6.23. The minimum absolute atomic E-state index is 0.0847. The molecule has 2 rings (SSSR count). The summed E-state index contributed by atoms with van der Waals surface area (Å²) in [6.45, 7) is 0. The van der Waals surface area contributed by atoms with E-state index in [0.717, 1.165) is 6.07 Å². The summed E-state index contributed by atoms with van der Waals surface area (Å²) in [5.74, 6) is -1.60. The third kappa shape index (κ3) is 3.39. The molecule has 0 saturated carbocycles. The van der Waals surface area contributed by atoms with Gasteiger partial charge in [-0.2, -0.15) is 0 Å². The summed E-state index contributed by atoms with van der Waals surface area (Å²) in [5, 5.41) is 29.5. The Morgan fingerprint density at radius 1 is 1.27 bits per heavy atom. The number of carboxylic acids is 1. The molecule has 0 aromatic heterocycles. The van der Waals surface area contributed by atoms with Gasteiger partial charge in [-0.3, -0.25) is 15.1 Å². The fraction of sp³-hybridized carbons (Fsp3) is 0. The highest BCUT2D eigenvalue weighted by Crippen LogP contribution is 2.32. The molecule has 0 radical (unpaired) electrons. The van der Waals surface area contributed by atoms with Crippen LogP contribution in [0.25, 0.3) is 0 Å². The molecule has 0 atom stereocenters. The molecule has 0 amide bonds. The molecular formula is C14H9ClN2O5. The van der Waals surface area contributed by atoms with E-state index in [1.807, 2.05) is 0 Å². The van der Waals surface area contributed by atoms with Gasteiger partial charge < -0.3 is 10.2 Å². The first-order valence-electron chi connectivity index (χ1n) is 5.93. The SMILES string of the molecule is O=C(O)c1ccc(N=Cc2cc(Cl)cc([N+](=O)[O-])c2O)cc1. The number of benzene rings is 2. The maximum absolute atomic E-state index is 10.8. The van der Waals surface area contributed by atoms with Crippen molar-refractivity contribution in [1.82, 2.24) is 0 Å². The standard InChI is InChI=1S/C14H9ClN2O5/c15-10-5-9(13(18)12(6-10)17(21)22)7-16-11-3-1-8(2-4-11)14(19)20/h1-7,18H,(H,19,20). The predicted octanol–water partition coefficient (Wildman–Crippen LogP) is 3.40. The van der Waals surface area contributed by atoms with Crippen LogP contribution in [0.15, 0.2) is 41.4 Å². The summed E-state index contributed by atoms with van der Waals surface area (Å²) in [4.78, 5) is 24.8. The Balaban J connectivity index is 2.34. The number of nitrogens with zero attached hydrogens (tertiary/aromatic N) is 2. The molecule has 0 bridgehead atoms. The van der Waals surface area contributed by atoms with Gasteiger partial charge in [-0.25, -0.2) is 4.79 Å². The van der Waals surface area contributed by atoms with E-state index in [1.54, 1.807) is 0 Å². The number of phenols is 1. The molecule has 0 aliphatic heterocycles. The van der Waals surface area contributed by atoms with Crippen LogP contribution in [0.3, 0.4) is 0 Å². The average molecular weight is 321 g/mol. The summed E-state index contributed by atoms with van der Waals surface area (Å²) in [5.41, 5.74) is 0.101. The van der Waals surface area contributed by atoms with Gasteiger partial charge in [0.1, 0.15) is 0 Å². The van der Waals surface area contributed by atoms with Gasteiger partial charge in [0.05, 0.1) is 16.2 Å². The van der Waals surface area contributed by atoms with Crippen LogP contribution in [0.1, 0.15) is 15.9 Å². The molecule has 0 fully saturated rings. The Morgan fingerprint density at radius 2 is 1.91 bits per heavy atom. The quantitative estimate of drug-likeness (QED) is 0.509. The third-order valence-corrected chi connectivity index (χ3v) is 2.97.